The minimum atomic E-state index is -0.666. The van der Waals surface area contributed by atoms with Crippen LogP contribution in [0.5, 0.6) is 0 Å². The van der Waals surface area contributed by atoms with Gasteiger partial charge in [0.05, 0.1) is 25.0 Å². The van der Waals surface area contributed by atoms with Gasteiger partial charge in [-0.2, -0.15) is 5.26 Å². The summed E-state index contributed by atoms with van der Waals surface area (Å²) >= 11 is 0. The average Bonchev–Trinajstić information content (AvgIpc) is 3.66. The second kappa shape index (κ2) is 9.81. The molecule has 6 rings (SSSR count). The van der Waals surface area contributed by atoms with E-state index in [4.69, 9.17) is 9.72 Å². The maximum Gasteiger partial charge on any atom is 0.225 e. The van der Waals surface area contributed by atoms with Crippen molar-refractivity contribution in [3.05, 3.63) is 30.5 Å². The van der Waals surface area contributed by atoms with E-state index in [2.05, 4.69) is 32.2 Å². The van der Waals surface area contributed by atoms with E-state index in [1.165, 1.54) is 12.8 Å². The third kappa shape index (κ3) is 4.05. The molecule has 0 radical (unpaired) electrons. The Morgan fingerprint density at radius 1 is 1.28 bits per heavy atom. The Morgan fingerprint density at radius 2 is 2.08 bits per heavy atom. The summed E-state index contributed by atoms with van der Waals surface area (Å²) < 4.78 is 5.41. The molecule has 4 heterocycles. The number of amides is 1. The molecule has 1 amide bonds. The lowest BCUT2D eigenvalue weighted by molar-refractivity contribution is -0.143. The number of nitrogens with one attached hydrogen (secondary N) is 4. The first-order valence-electron chi connectivity index (χ1n) is 13.2. The molecule has 2 aliphatic heterocycles. The minimum Gasteiger partial charge on any atom is -0.378 e. The number of morpholine rings is 1. The SMILES string of the molecule is N#CCC(C1CCCC1)C1(NC2CC(C(=O)N3CCOCC3)C2)NNC=C1c1ncnc2[nH]ccc12. The normalized spacial score (nSPS) is 29.4. The number of rotatable bonds is 7. The van der Waals surface area contributed by atoms with Gasteiger partial charge in [0.1, 0.15) is 17.6 Å². The predicted octanol–water partition coefficient (Wildman–Crippen LogP) is 2.05. The largest absolute Gasteiger partial charge is 0.378 e. The van der Waals surface area contributed by atoms with Crippen LogP contribution in [0.25, 0.3) is 16.6 Å². The van der Waals surface area contributed by atoms with Gasteiger partial charge < -0.3 is 20.0 Å². The summed E-state index contributed by atoms with van der Waals surface area (Å²) in [7, 11) is 0. The fourth-order valence-corrected chi connectivity index (χ4v) is 6.69. The fourth-order valence-electron chi connectivity index (χ4n) is 6.69. The standard InChI is InChI=1S/C26H34N8O2/c27-7-5-21(17-3-1-2-4-17)26(32-19-13-18(14-19)25(35)34-9-11-36-12-10-34)22(15-31-33-26)23-20-6-8-28-24(20)30-16-29-23/h6,8,15-19,21,31-33H,1-5,9-14H2,(H,28,29,30). The van der Waals surface area contributed by atoms with Crippen LogP contribution in [-0.4, -0.2) is 63.8 Å². The van der Waals surface area contributed by atoms with Gasteiger partial charge in [0, 0.05) is 60.7 Å². The molecule has 2 aliphatic carbocycles. The quantitative estimate of drug-likeness (QED) is 0.464. The van der Waals surface area contributed by atoms with Crippen molar-refractivity contribution in [3.8, 4) is 6.07 Å². The van der Waals surface area contributed by atoms with Crippen LogP contribution in [0, 0.1) is 29.1 Å². The lowest BCUT2D eigenvalue weighted by atomic mass is 9.71. The zero-order valence-electron chi connectivity index (χ0n) is 20.5. The van der Waals surface area contributed by atoms with Gasteiger partial charge in [-0.05, 0) is 24.8 Å². The van der Waals surface area contributed by atoms with Gasteiger partial charge in [-0.3, -0.25) is 10.1 Å². The number of hydrazine groups is 1. The number of aromatic nitrogens is 3. The molecule has 2 aromatic heterocycles. The molecule has 2 unspecified atom stereocenters. The van der Waals surface area contributed by atoms with E-state index < -0.39 is 5.66 Å². The molecule has 36 heavy (non-hydrogen) atoms. The molecule has 10 nitrogen and oxygen atoms in total. The minimum absolute atomic E-state index is 0.0378. The van der Waals surface area contributed by atoms with Crippen molar-refractivity contribution >= 4 is 22.5 Å². The summed E-state index contributed by atoms with van der Waals surface area (Å²) in [5.41, 5.74) is 8.82. The lowest BCUT2D eigenvalue weighted by Gasteiger charge is -2.48. The zero-order valence-corrected chi connectivity index (χ0v) is 20.5. The molecule has 2 saturated carbocycles. The van der Waals surface area contributed by atoms with Gasteiger partial charge in [0.2, 0.25) is 5.91 Å². The number of H-pyrrole nitrogens is 1. The van der Waals surface area contributed by atoms with Crippen LogP contribution < -0.4 is 16.2 Å². The van der Waals surface area contributed by atoms with Crippen LogP contribution in [0.15, 0.2) is 24.8 Å². The first-order valence-corrected chi connectivity index (χ1v) is 13.2. The molecule has 10 heteroatoms. The number of nitriles is 1. The summed E-state index contributed by atoms with van der Waals surface area (Å²) in [5, 5.41) is 14.8. The molecule has 0 aromatic carbocycles. The van der Waals surface area contributed by atoms with Crippen molar-refractivity contribution in [3.63, 3.8) is 0 Å². The Labute approximate surface area is 210 Å². The molecule has 2 aromatic rings. The van der Waals surface area contributed by atoms with E-state index in [0.29, 0.717) is 38.6 Å². The Hall–Kier alpha value is -3.00. The second-order valence-electron chi connectivity index (χ2n) is 10.6. The second-order valence-corrected chi connectivity index (χ2v) is 10.6. The van der Waals surface area contributed by atoms with E-state index in [-0.39, 0.29) is 23.8 Å². The number of carbonyl (C=O) groups is 1. The van der Waals surface area contributed by atoms with E-state index in [1.807, 2.05) is 23.4 Å². The molecular weight excluding hydrogens is 456 g/mol. The Bertz CT molecular complexity index is 1170. The van der Waals surface area contributed by atoms with E-state index in [1.54, 1.807) is 6.33 Å². The van der Waals surface area contributed by atoms with Crippen LogP contribution in [0.4, 0.5) is 0 Å². The highest BCUT2D eigenvalue weighted by Gasteiger charge is 2.52. The summed E-state index contributed by atoms with van der Waals surface area (Å²) in [6.45, 7) is 2.61. The van der Waals surface area contributed by atoms with Crippen LogP contribution >= 0.6 is 0 Å². The summed E-state index contributed by atoms with van der Waals surface area (Å²) in [5.74, 6) is 0.773. The van der Waals surface area contributed by atoms with Gasteiger partial charge in [0.25, 0.3) is 0 Å². The van der Waals surface area contributed by atoms with Gasteiger partial charge in [-0.15, -0.1) is 0 Å². The Balaban J connectivity index is 1.30. The first kappa shape index (κ1) is 23.4. The van der Waals surface area contributed by atoms with E-state index in [9.17, 15) is 10.1 Å². The van der Waals surface area contributed by atoms with Gasteiger partial charge in [0.15, 0.2) is 0 Å². The van der Waals surface area contributed by atoms with Crippen molar-refractivity contribution in [2.45, 2.75) is 56.7 Å². The van der Waals surface area contributed by atoms with Gasteiger partial charge in [-0.25, -0.2) is 15.4 Å². The first-order chi connectivity index (χ1) is 17.7. The maximum absolute atomic E-state index is 13.0. The smallest absolute Gasteiger partial charge is 0.225 e. The summed E-state index contributed by atoms with van der Waals surface area (Å²) in [4.78, 5) is 27.3. The molecule has 4 N–H and O–H groups in total. The number of ether oxygens (including phenoxy) is 1. The average molecular weight is 491 g/mol. The summed E-state index contributed by atoms with van der Waals surface area (Å²) in [6.07, 6.45) is 12.1. The maximum atomic E-state index is 13.0. The highest BCUT2D eigenvalue weighted by molar-refractivity contribution is 5.91. The third-order valence-electron chi connectivity index (χ3n) is 8.60. The highest BCUT2D eigenvalue weighted by Crippen LogP contribution is 2.46. The van der Waals surface area contributed by atoms with Gasteiger partial charge in [-0.1, -0.05) is 25.7 Å². The molecule has 0 spiro atoms. The summed E-state index contributed by atoms with van der Waals surface area (Å²) in [6, 6.07) is 4.66. The number of aromatic amines is 1. The van der Waals surface area contributed by atoms with Crippen LogP contribution in [0.1, 0.15) is 50.6 Å². The van der Waals surface area contributed by atoms with Crippen LogP contribution in [0.2, 0.25) is 0 Å². The fraction of sp³-hybridized carbons (Fsp3) is 0.615. The molecule has 190 valence electrons. The van der Waals surface area contributed by atoms with Crippen molar-refractivity contribution in [1.29, 1.82) is 5.26 Å². The predicted molar refractivity (Wildman–Crippen MR) is 134 cm³/mol. The van der Waals surface area contributed by atoms with Crippen molar-refractivity contribution in [1.82, 2.24) is 36.0 Å². The van der Waals surface area contributed by atoms with Gasteiger partial charge >= 0.3 is 0 Å². The van der Waals surface area contributed by atoms with E-state index >= 15 is 0 Å². The molecule has 0 bridgehead atoms. The van der Waals surface area contributed by atoms with Crippen molar-refractivity contribution < 1.29 is 9.53 Å². The molecule has 4 aliphatic rings. The Morgan fingerprint density at radius 3 is 2.86 bits per heavy atom. The molecule has 3 fully saturated rings. The number of carbonyl (C=O) groups excluding carboxylic acids is 1. The van der Waals surface area contributed by atoms with Crippen molar-refractivity contribution in [2.75, 3.05) is 26.3 Å². The number of nitrogens with zero attached hydrogens (tertiary/aromatic N) is 4. The topological polar surface area (TPSA) is 131 Å². The van der Waals surface area contributed by atoms with E-state index in [0.717, 1.165) is 48.0 Å². The third-order valence-corrected chi connectivity index (χ3v) is 8.60. The molecule has 1 saturated heterocycles. The number of hydrogen-bond acceptors (Lipinski definition) is 8. The number of fused-ring (bicyclic) bond motifs is 1. The zero-order chi connectivity index (χ0) is 24.5. The molecule has 2 atom stereocenters. The number of hydrogen-bond donors (Lipinski definition) is 4. The lowest BCUT2D eigenvalue weighted by Crippen LogP contribution is -2.68. The molecular formula is C26H34N8O2. The highest BCUT2D eigenvalue weighted by atomic mass is 16.5. The van der Waals surface area contributed by atoms with Crippen LogP contribution in [-0.2, 0) is 9.53 Å². The monoisotopic (exact) mass is 490 g/mol. The van der Waals surface area contributed by atoms with Crippen molar-refractivity contribution in [2.24, 2.45) is 17.8 Å². The Kier molecular flexibility index (Phi) is 6.37. The van der Waals surface area contributed by atoms with Crippen LogP contribution in [0.3, 0.4) is 0 Å².